The Hall–Kier alpha value is -0.603. The SMILES string of the molecule is CCC[SiH](CCC)OCCCc1ccccc1. The summed E-state index contributed by atoms with van der Waals surface area (Å²) in [5, 5.41) is 0. The summed E-state index contributed by atoms with van der Waals surface area (Å²) in [5.41, 5.74) is 1.43. The molecule has 17 heavy (non-hydrogen) atoms. The Morgan fingerprint density at radius 3 is 2.24 bits per heavy atom. The molecule has 1 aromatic rings. The Morgan fingerprint density at radius 2 is 1.65 bits per heavy atom. The minimum absolute atomic E-state index is 0.859. The summed E-state index contributed by atoms with van der Waals surface area (Å²) in [7, 11) is -0.859. The summed E-state index contributed by atoms with van der Waals surface area (Å²) >= 11 is 0. The van der Waals surface area contributed by atoms with E-state index in [4.69, 9.17) is 4.43 Å². The molecule has 0 atom stereocenters. The first kappa shape index (κ1) is 14.5. The van der Waals surface area contributed by atoms with Crippen LogP contribution in [0.4, 0.5) is 0 Å². The van der Waals surface area contributed by atoms with E-state index in [1.54, 1.807) is 0 Å². The van der Waals surface area contributed by atoms with Gasteiger partial charge in [-0.15, -0.1) is 0 Å². The third kappa shape index (κ3) is 6.64. The van der Waals surface area contributed by atoms with Crippen molar-refractivity contribution in [1.29, 1.82) is 0 Å². The van der Waals surface area contributed by atoms with Gasteiger partial charge in [-0.2, -0.15) is 0 Å². The third-order valence-corrected chi connectivity index (χ3v) is 6.18. The van der Waals surface area contributed by atoms with Crippen LogP contribution in [0.2, 0.25) is 12.1 Å². The molecule has 1 rings (SSSR count). The molecule has 0 bridgehead atoms. The highest BCUT2D eigenvalue weighted by atomic mass is 28.3. The maximum atomic E-state index is 6.08. The quantitative estimate of drug-likeness (QED) is 0.472. The van der Waals surface area contributed by atoms with E-state index in [0.717, 1.165) is 13.0 Å². The van der Waals surface area contributed by atoms with Crippen LogP contribution in [-0.2, 0) is 10.8 Å². The smallest absolute Gasteiger partial charge is 0.176 e. The van der Waals surface area contributed by atoms with Crippen molar-refractivity contribution in [2.24, 2.45) is 0 Å². The van der Waals surface area contributed by atoms with E-state index >= 15 is 0 Å². The van der Waals surface area contributed by atoms with Crippen LogP contribution < -0.4 is 0 Å². The summed E-state index contributed by atoms with van der Waals surface area (Å²) in [6, 6.07) is 13.4. The topological polar surface area (TPSA) is 9.23 Å². The van der Waals surface area contributed by atoms with Crippen molar-refractivity contribution < 1.29 is 4.43 Å². The highest BCUT2D eigenvalue weighted by molar-refractivity contribution is 6.51. The van der Waals surface area contributed by atoms with Crippen LogP contribution in [0.15, 0.2) is 30.3 Å². The van der Waals surface area contributed by atoms with Gasteiger partial charge in [0.15, 0.2) is 9.04 Å². The van der Waals surface area contributed by atoms with Gasteiger partial charge in [0.2, 0.25) is 0 Å². The van der Waals surface area contributed by atoms with Crippen LogP contribution in [0.1, 0.15) is 38.7 Å². The highest BCUT2D eigenvalue weighted by Crippen LogP contribution is 2.09. The van der Waals surface area contributed by atoms with Crippen LogP contribution >= 0.6 is 0 Å². The zero-order valence-corrected chi connectivity index (χ0v) is 12.5. The van der Waals surface area contributed by atoms with Crippen LogP contribution in [0.3, 0.4) is 0 Å². The molecule has 0 spiro atoms. The molecule has 0 saturated heterocycles. The van der Waals surface area contributed by atoms with Crippen LogP contribution in [0.5, 0.6) is 0 Å². The van der Waals surface area contributed by atoms with Gasteiger partial charge in [0.1, 0.15) is 0 Å². The van der Waals surface area contributed by atoms with Gasteiger partial charge in [0.25, 0.3) is 0 Å². The van der Waals surface area contributed by atoms with E-state index in [0.29, 0.717) is 0 Å². The van der Waals surface area contributed by atoms with Crippen LogP contribution in [0, 0.1) is 0 Å². The molecule has 0 aromatic heterocycles. The summed E-state index contributed by atoms with van der Waals surface area (Å²) in [6.45, 7) is 5.50. The predicted octanol–water partition coefficient (Wildman–Crippen LogP) is 4.18. The Balaban J connectivity index is 2.13. The molecule has 0 aliphatic rings. The molecule has 0 unspecified atom stereocenters. The third-order valence-electron chi connectivity index (χ3n) is 3.03. The van der Waals surface area contributed by atoms with Crippen molar-refractivity contribution in [3.63, 3.8) is 0 Å². The Bertz CT molecular complexity index is 268. The van der Waals surface area contributed by atoms with E-state index in [1.165, 1.54) is 36.9 Å². The van der Waals surface area contributed by atoms with Gasteiger partial charge in [-0.1, -0.05) is 57.0 Å². The molecule has 0 radical (unpaired) electrons. The maximum Gasteiger partial charge on any atom is 0.176 e. The number of hydrogen-bond donors (Lipinski definition) is 0. The number of aryl methyl sites for hydroxylation is 1. The Morgan fingerprint density at radius 1 is 1.00 bits per heavy atom. The molecular formula is C15H26OSi. The summed E-state index contributed by atoms with van der Waals surface area (Å²) < 4.78 is 6.08. The maximum absolute atomic E-state index is 6.08. The zero-order chi connectivity index (χ0) is 12.3. The van der Waals surface area contributed by atoms with Crippen LogP contribution in [0.25, 0.3) is 0 Å². The lowest BCUT2D eigenvalue weighted by Gasteiger charge is -2.14. The standard InChI is InChI=1S/C15H26OSi/c1-3-13-17(14-4-2)16-12-8-11-15-9-6-5-7-10-15/h5-7,9-10,17H,3-4,8,11-14H2,1-2H3. The summed E-state index contributed by atoms with van der Waals surface area (Å²) in [4.78, 5) is 0. The van der Waals surface area contributed by atoms with Crippen molar-refractivity contribution in [1.82, 2.24) is 0 Å². The lowest BCUT2D eigenvalue weighted by atomic mass is 10.1. The molecule has 1 nitrogen and oxygen atoms in total. The monoisotopic (exact) mass is 250 g/mol. The zero-order valence-electron chi connectivity index (χ0n) is 11.3. The fraction of sp³-hybridized carbons (Fsp3) is 0.600. The van der Waals surface area contributed by atoms with Crippen molar-refractivity contribution in [3.8, 4) is 0 Å². The average molecular weight is 250 g/mol. The van der Waals surface area contributed by atoms with Crippen molar-refractivity contribution >= 4 is 9.04 Å². The molecule has 0 aliphatic carbocycles. The molecule has 0 fully saturated rings. The lowest BCUT2D eigenvalue weighted by Crippen LogP contribution is -2.18. The number of benzene rings is 1. The van der Waals surface area contributed by atoms with Gasteiger partial charge in [-0.3, -0.25) is 0 Å². The molecule has 0 heterocycles. The minimum Gasteiger partial charge on any atom is -0.420 e. The minimum atomic E-state index is -0.859. The first-order valence-electron chi connectivity index (χ1n) is 7.02. The second-order valence-electron chi connectivity index (χ2n) is 4.66. The Labute approximate surface area is 108 Å². The predicted molar refractivity (Wildman–Crippen MR) is 78.1 cm³/mol. The molecule has 0 aliphatic heterocycles. The fourth-order valence-electron chi connectivity index (χ4n) is 2.13. The molecular weight excluding hydrogens is 224 g/mol. The van der Waals surface area contributed by atoms with Crippen molar-refractivity contribution in [2.45, 2.75) is 51.6 Å². The molecule has 0 N–H and O–H groups in total. The average Bonchev–Trinajstić information content (AvgIpc) is 2.36. The van der Waals surface area contributed by atoms with Gasteiger partial charge < -0.3 is 4.43 Å². The highest BCUT2D eigenvalue weighted by Gasteiger charge is 2.08. The van der Waals surface area contributed by atoms with E-state index in [-0.39, 0.29) is 0 Å². The second kappa shape index (κ2) is 9.43. The van der Waals surface area contributed by atoms with Gasteiger partial charge >= 0.3 is 0 Å². The summed E-state index contributed by atoms with van der Waals surface area (Å²) in [5.74, 6) is 0. The molecule has 0 amide bonds. The Kier molecular flexibility index (Phi) is 8.02. The van der Waals surface area contributed by atoms with E-state index in [9.17, 15) is 0 Å². The molecule has 0 saturated carbocycles. The van der Waals surface area contributed by atoms with Gasteiger partial charge in [0, 0.05) is 6.61 Å². The van der Waals surface area contributed by atoms with Gasteiger partial charge in [0.05, 0.1) is 0 Å². The van der Waals surface area contributed by atoms with E-state index in [1.807, 2.05) is 0 Å². The first-order chi connectivity index (χ1) is 8.36. The van der Waals surface area contributed by atoms with Crippen molar-refractivity contribution in [3.05, 3.63) is 35.9 Å². The normalized spacial score (nSPS) is 11.0. The molecule has 96 valence electrons. The van der Waals surface area contributed by atoms with Gasteiger partial charge in [-0.05, 0) is 30.5 Å². The van der Waals surface area contributed by atoms with E-state index in [2.05, 4.69) is 44.2 Å². The van der Waals surface area contributed by atoms with E-state index < -0.39 is 9.04 Å². The summed E-state index contributed by atoms with van der Waals surface area (Å²) in [6.07, 6.45) is 4.90. The number of hydrogen-bond acceptors (Lipinski definition) is 1. The van der Waals surface area contributed by atoms with Gasteiger partial charge in [-0.25, -0.2) is 0 Å². The number of rotatable bonds is 9. The first-order valence-corrected chi connectivity index (χ1v) is 9.12. The van der Waals surface area contributed by atoms with Crippen LogP contribution in [-0.4, -0.2) is 15.6 Å². The lowest BCUT2D eigenvalue weighted by molar-refractivity contribution is 0.310. The van der Waals surface area contributed by atoms with Crippen molar-refractivity contribution in [2.75, 3.05) is 6.61 Å². The fourth-order valence-corrected chi connectivity index (χ4v) is 4.54. The second-order valence-corrected chi connectivity index (χ2v) is 7.39. The largest absolute Gasteiger partial charge is 0.420 e. The molecule has 2 heteroatoms. The molecule has 1 aromatic carbocycles.